The molecule has 0 radical (unpaired) electrons. The SMILES string of the molecule is CS(=O)(=O)Cc1ccc(S(=O)(=O)N2CCC[C@@H]2C(=O)O)cc1. The second-order valence-electron chi connectivity index (χ2n) is 5.33. The fourth-order valence-electron chi connectivity index (χ4n) is 2.47. The van der Waals surface area contributed by atoms with Gasteiger partial charge in [-0.2, -0.15) is 4.31 Å². The van der Waals surface area contributed by atoms with Crippen molar-refractivity contribution in [2.75, 3.05) is 12.8 Å². The van der Waals surface area contributed by atoms with E-state index < -0.39 is 31.9 Å². The summed E-state index contributed by atoms with van der Waals surface area (Å²) in [5.74, 6) is -1.33. The maximum absolute atomic E-state index is 12.5. The van der Waals surface area contributed by atoms with Crippen LogP contribution in [0.25, 0.3) is 0 Å². The first-order valence-electron chi connectivity index (χ1n) is 6.62. The van der Waals surface area contributed by atoms with E-state index in [-0.39, 0.29) is 17.2 Å². The number of sulfonamides is 1. The van der Waals surface area contributed by atoms with E-state index in [4.69, 9.17) is 5.11 Å². The Labute approximate surface area is 129 Å². The van der Waals surface area contributed by atoms with Gasteiger partial charge in [-0.15, -0.1) is 0 Å². The lowest BCUT2D eigenvalue weighted by Gasteiger charge is -2.21. The topological polar surface area (TPSA) is 109 Å². The van der Waals surface area contributed by atoms with Gasteiger partial charge in [0.1, 0.15) is 6.04 Å². The lowest BCUT2D eigenvalue weighted by atomic mass is 10.2. The maximum Gasteiger partial charge on any atom is 0.322 e. The molecule has 1 aliphatic rings. The number of hydrogen-bond donors (Lipinski definition) is 1. The van der Waals surface area contributed by atoms with Crippen LogP contribution in [0.15, 0.2) is 29.2 Å². The summed E-state index contributed by atoms with van der Waals surface area (Å²) in [6.07, 6.45) is 1.89. The molecule has 0 bridgehead atoms. The molecule has 0 amide bonds. The van der Waals surface area contributed by atoms with Crippen LogP contribution in [0.1, 0.15) is 18.4 Å². The largest absolute Gasteiger partial charge is 0.480 e. The van der Waals surface area contributed by atoms with Crippen molar-refractivity contribution in [3.8, 4) is 0 Å². The monoisotopic (exact) mass is 347 g/mol. The normalized spacial score (nSPS) is 20.1. The molecule has 1 aliphatic heterocycles. The second-order valence-corrected chi connectivity index (χ2v) is 9.36. The molecule has 9 heteroatoms. The molecule has 0 spiro atoms. The standard InChI is InChI=1S/C13H17NO6S2/c1-21(17,18)9-10-4-6-11(7-5-10)22(19,20)14-8-2-3-12(14)13(15)16/h4-7,12H,2-3,8-9H2,1H3,(H,15,16)/t12-/m1/s1. The predicted molar refractivity (Wildman–Crippen MR) is 79.5 cm³/mol. The number of carboxylic acids is 1. The maximum atomic E-state index is 12.5. The Morgan fingerprint density at radius 1 is 1.23 bits per heavy atom. The molecule has 22 heavy (non-hydrogen) atoms. The number of carbonyl (C=O) groups is 1. The van der Waals surface area contributed by atoms with E-state index in [0.717, 1.165) is 10.6 Å². The number of sulfone groups is 1. The summed E-state index contributed by atoms with van der Waals surface area (Å²) in [4.78, 5) is 11.1. The Morgan fingerprint density at radius 2 is 1.82 bits per heavy atom. The van der Waals surface area contributed by atoms with Crippen LogP contribution in [0.5, 0.6) is 0 Å². The Hall–Kier alpha value is -1.45. The highest BCUT2D eigenvalue weighted by Gasteiger charge is 2.39. The van der Waals surface area contributed by atoms with Crippen LogP contribution in [0.4, 0.5) is 0 Å². The van der Waals surface area contributed by atoms with Crippen LogP contribution >= 0.6 is 0 Å². The zero-order valence-corrected chi connectivity index (χ0v) is 13.6. The van der Waals surface area contributed by atoms with E-state index in [1.807, 2.05) is 0 Å². The summed E-state index contributed by atoms with van der Waals surface area (Å²) < 4.78 is 48.4. The van der Waals surface area contributed by atoms with E-state index in [0.29, 0.717) is 18.4 Å². The number of benzene rings is 1. The van der Waals surface area contributed by atoms with Crippen molar-refractivity contribution in [1.29, 1.82) is 0 Å². The lowest BCUT2D eigenvalue weighted by molar-refractivity contribution is -0.140. The molecule has 1 saturated heterocycles. The van der Waals surface area contributed by atoms with Gasteiger partial charge in [0.2, 0.25) is 10.0 Å². The molecule has 0 aromatic heterocycles. The Morgan fingerprint density at radius 3 is 2.32 bits per heavy atom. The van der Waals surface area contributed by atoms with Crippen molar-refractivity contribution in [2.45, 2.75) is 29.5 Å². The molecular formula is C13H17NO6S2. The van der Waals surface area contributed by atoms with Crippen molar-refractivity contribution in [1.82, 2.24) is 4.31 Å². The van der Waals surface area contributed by atoms with Gasteiger partial charge in [0.05, 0.1) is 10.6 Å². The molecule has 0 unspecified atom stereocenters. The van der Waals surface area contributed by atoms with Crippen molar-refractivity contribution in [3.63, 3.8) is 0 Å². The van der Waals surface area contributed by atoms with Gasteiger partial charge in [-0.1, -0.05) is 12.1 Å². The molecule has 1 N–H and O–H groups in total. The van der Waals surface area contributed by atoms with E-state index in [1.165, 1.54) is 24.3 Å². The second kappa shape index (κ2) is 5.98. The van der Waals surface area contributed by atoms with Gasteiger partial charge >= 0.3 is 5.97 Å². The third kappa shape index (κ3) is 3.65. The Kier molecular flexibility index (Phi) is 4.59. The molecule has 1 aromatic carbocycles. The van der Waals surface area contributed by atoms with Crippen LogP contribution in [0.2, 0.25) is 0 Å². The van der Waals surface area contributed by atoms with E-state index in [1.54, 1.807) is 0 Å². The number of rotatable bonds is 5. The molecule has 2 rings (SSSR count). The molecule has 1 fully saturated rings. The van der Waals surface area contributed by atoms with Gasteiger partial charge in [-0.05, 0) is 30.5 Å². The van der Waals surface area contributed by atoms with Crippen molar-refractivity contribution in [2.24, 2.45) is 0 Å². The zero-order chi connectivity index (χ0) is 16.5. The molecule has 0 aliphatic carbocycles. The summed E-state index contributed by atoms with van der Waals surface area (Å²) >= 11 is 0. The van der Waals surface area contributed by atoms with Crippen molar-refractivity contribution >= 4 is 25.8 Å². The minimum absolute atomic E-state index is 0.0297. The summed E-state index contributed by atoms with van der Waals surface area (Å²) in [7, 11) is -7.09. The summed E-state index contributed by atoms with van der Waals surface area (Å²) in [6.45, 7) is 0.171. The first kappa shape index (κ1) is 16.9. The zero-order valence-electron chi connectivity index (χ0n) is 12.0. The van der Waals surface area contributed by atoms with Crippen LogP contribution in [0.3, 0.4) is 0 Å². The minimum atomic E-state index is -3.89. The third-order valence-electron chi connectivity index (χ3n) is 3.45. The quantitative estimate of drug-likeness (QED) is 0.829. The first-order valence-corrected chi connectivity index (χ1v) is 10.1. The highest BCUT2D eigenvalue weighted by molar-refractivity contribution is 7.90. The Balaban J connectivity index is 2.28. The van der Waals surface area contributed by atoms with Gasteiger partial charge < -0.3 is 5.11 Å². The van der Waals surface area contributed by atoms with Crippen molar-refractivity contribution < 1.29 is 26.7 Å². The van der Waals surface area contributed by atoms with Gasteiger partial charge in [-0.25, -0.2) is 16.8 Å². The number of nitrogens with zero attached hydrogens (tertiary/aromatic N) is 1. The summed E-state index contributed by atoms with van der Waals surface area (Å²) in [5.41, 5.74) is 0.484. The molecule has 1 heterocycles. The fourth-order valence-corrected chi connectivity index (χ4v) is 4.92. The Bertz CT molecular complexity index is 767. The minimum Gasteiger partial charge on any atom is -0.480 e. The number of aliphatic carboxylic acids is 1. The molecule has 1 aromatic rings. The van der Waals surface area contributed by atoms with Crippen LogP contribution in [-0.4, -0.2) is 51.1 Å². The summed E-state index contributed by atoms with van der Waals surface area (Å²) in [5, 5.41) is 9.09. The van der Waals surface area contributed by atoms with Gasteiger partial charge in [0, 0.05) is 12.8 Å². The number of carboxylic acid groups (broad SMARTS) is 1. The molecular weight excluding hydrogens is 330 g/mol. The van der Waals surface area contributed by atoms with Gasteiger partial charge in [0.25, 0.3) is 0 Å². The van der Waals surface area contributed by atoms with Crippen LogP contribution < -0.4 is 0 Å². The molecule has 0 saturated carbocycles. The fraction of sp³-hybridized carbons (Fsp3) is 0.462. The van der Waals surface area contributed by atoms with Crippen LogP contribution in [-0.2, 0) is 30.4 Å². The van der Waals surface area contributed by atoms with Crippen molar-refractivity contribution in [3.05, 3.63) is 29.8 Å². The molecule has 7 nitrogen and oxygen atoms in total. The predicted octanol–water partition coefficient (Wildman–Crippen LogP) is 0.469. The van der Waals surface area contributed by atoms with E-state index in [9.17, 15) is 21.6 Å². The highest BCUT2D eigenvalue weighted by atomic mass is 32.2. The molecule has 1 atom stereocenters. The van der Waals surface area contributed by atoms with Crippen LogP contribution in [0, 0.1) is 0 Å². The average molecular weight is 347 g/mol. The summed E-state index contributed by atoms with van der Waals surface area (Å²) in [6, 6.07) is 4.44. The lowest BCUT2D eigenvalue weighted by Crippen LogP contribution is -2.40. The highest BCUT2D eigenvalue weighted by Crippen LogP contribution is 2.26. The number of hydrogen-bond acceptors (Lipinski definition) is 5. The van der Waals surface area contributed by atoms with Gasteiger partial charge in [-0.3, -0.25) is 4.79 Å². The molecule has 122 valence electrons. The average Bonchev–Trinajstić information content (AvgIpc) is 2.87. The smallest absolute Gasteiger partial charge is 0.322 e. The first-order chi connectivity index (χ1) is 10.1. The van der Waals surface area contributed by atoms with E-state index >= 15 is 0 Å². The van der Waals surface area contributed by atoms with E-state index in [2.05, 4.69) is 0 Å². The van der Waals surface area contributed by atoms with Gasteiger partial charge in [0.15, 0.2) is 9.84 Å². The third-order valence-corrected chi connectivity index (χ3v) is 6.23.